The van der Waals surface area contributed by atoms with Gasteiger partial charge in [-0.05, 0) is 6.07 Å². The molecule has 0 bridgehead atoms. The van der Waals surface area contributed by atoms with Crippen LogP contribution in [-0.4, -0.2) is 6.54 Å². The first kappa shape index (κ1) is 8.75. The van der Waals surface area contributed by atoms with Gasteiger partial charge in [0.2, 0.25) is 0 Å². The summed E-state index contributed by atoms with van der Waals surface area (Å²) in [6.07, 6.45) is -0.166. The summed E-state index contributed by atoms with van der Waals surface area (Å²) in [6, 6.07) is 4.56. The quantitative estimate of drug-likeness (QED) is 0.683. The van der Waals surface area contributed by atoms with E-state index in [0.717, 1.165) is 0 Å². The molecule has 1 aromatic rings. The number of alkyl halides is 2. The summed E-state index contributed by atoms with van der Waals surface area (Å²) in [6.45, 7) is 0.268. The Morgan fingerprint density at radius 1 is 1.38 bits per heavy atom. The third-order valence-electron chi connectivity index (χ3n) is 2.15. The van der Waals surface area contributed by atoms with Gasteiger partial charge < -0.3 is 5.32 Å². The fourth-order valence-electron chi connectivity index (χ4n) is 1.49. The van der Waals surface area contributed by atoms with Crippen LogP contribution in [0.4, 0.5) is 14.5 Å². The molecule has 70 valence electrons. The van der Waals surface area contributed by atoms with Gasteiger partial charge in [-0.3, -0.25) is 0 Å². The lowest BCUT2D eigenvalue weighted by molar-refractivity contribution is -0.0122. The summed E-state index contributed by atoms with van der Waals surface area (Å²) >= 11 is 5.77. The second-order valence-corrected chi connectivity index (χ2v) is 3.45. The summed E-state index contributed by atoms with van der Waals surface area (Å²) in [7, 11) is 0. The molecule has 0 spiro atoms. The van der Waals surface area contributed by atoms with Crippen LogP contribution in [-0.2, 0) is 5.92 Å². The van der Waals surface area contributed by atoms with Crippen LogP contribution in [0.1, 0.15) is 12.0 Å². The van der Waals surface area contributed by atoms with Crippen molar-refractivity contribution in [2.24, 2.45) is 0 Å². The number of para-hydroxylation sites is 1. The maximum Gasteiger partial charge on any atom is 0.276 e. The number of halogens is 3. The summed E-state index contributed by atoms with van der Waals surface area (Å²) < 4.78 is 26.6. The van der Waals surface area contributed by atoms with Gasteiger partial charge in [0.15, 0.2) is 0 Å². The molecule has 1 aliphatic heterocycles. The molecule has 0 saturated carbocycles. The van der Waals surface area contributed by atoms with Gasteiger partial charge in [-0.1, -0.05) is 23.7 Å². The van der Waals surface area contributed by atoms with Crippen molar-refractivity contribution in [2.75, 3.05) is 11.9 Å². The Balaban J connectivity index is 2.58. The molecule has 1 heterocycles. The first-order valence-electron chi connectivity index (χ1n) is 4.02. The Morgan fingerprint density at radius 3 is 2.85 bits per heavy atom. The van der Waals surface area contributed by atoms with E-state index in [2.05, 4.69) is 5.32 Å². The zero-order valence-corrected chi connectivity index (χ0v) is 7.54. The van der Waals surface area contributed by atoms with E-state index in [0.29, 0.717) is 10.7 Å². The van der Waals surface area contributed by atoms with E-state index in [9.17, 15) is 8.78 Å². The molecule has 2 rings (SSSR count). The van der Waals surface area contributed by atoms with Crippen LogP contribution >= 0.6 is 11.6 Å². The normalized spacial score (nSPS) is 19.0. The first-order valence-corrected chi connectivity index (χ1v) is 4.40. The third-order valence-corrected chi connectivity index (χ3v) is 2.46. The van der Waals surface area contributed by atoms with Crippen molar-refractivity contribution < 1.29 is 8.78 Å². The van der Waals surface area contributed by atoms with Gasteiger partial charge in [0.05, 0.1) is 10.7 Å². The zero-order valence-electron chi connectivity index (χ0n) is 6.78. The van der Waals surface area contributed by atoms with Crippen molar-refractivity contribution in [1.82, 2.24) is 0 Å². The predicted molar refractivity (Wildman–Crippen MR) is 48.5 cm³/mol. The molecule has 1 N–H and O–H groups in total. The lowest BCUT2D eigenvalue weighted by Crippen LogP contribution is -2.25. The van der Waals surface area contributed by atoms with Crippen molar-refractivity contribution in [3.8, 4) is 0 Å². The fraction of sp³-hybridized carbons (Fsp3) is 0.333. The molecule has 0 fully saturated rings. The number of anilines is 1. The minimum atomic E-state index is -2.74. The topological polar surface area (TPSA) is 12.0 Å². The van der Waals surface area contributed by atoms with Gasteiger partial charge in [-0.15, -0.1) is 0 Å². The molecule has 0 atom stereocenters. The molecule has 1 aromatic carbocycles. The summed E-state index contributed by atoms with van der Waals surface area (Å²) in [5, 5.41) is 3.23. The molecule has 0 radical (unpaired) electrons. The van der Waals surface area contributed by atoms with Crippen molar-refractivity contribution in [2.45, 2.75) is 12.3 Å². The predicted octanol–water partition coefficient (Wildman–Crippen LogP) is 3.25. The van der Waals surface area contributed by atoms with E-state index in [1.807, 2.05) is 0 Å². The van der Waals surface area contributed by atoms with Gasteiger partial charge in [-0.25, -0.2) is 8.78 Å². The van der Waals surface area contributed by atoms with Gasteiger partial charge in [-0.2, -0.15) is 0 Å². The van der Waals surface area contributed by atoms with Crippen LogP contribution in [0.3, 0.4) is 0 Å². The summed E-state index contributed by atoms with van der Waals surface area (Å²) in [5.41, 5.74) is 0.381. The largest absolute Gasteiger partial charge is 0.383 e. The molecule has 13 heavy (non-hydrogen) atoms. The highest BCUT2D eigenvalue weighted by molar-refractivity contribution is 6.33. The highest BCUT2D eigenvalue weighted by Gasteiger charge is 2.37. The fourth-order valence-corrected chi connectivity index (χ4v) is 1.73. The average Bonchev–Trinajstić information content (AvgIpc) is 2.06. The summed E-state index contributed by atoms with van der Waals surface area (Å²) in [5.74, 6) is -2.74. The van der Waals surface area contributed by atoms with Crippen molar-refractivity contribution in [1.29, 1.82) is 0 Å². The maximum atomic E-state index is 13.3. The SMILES string of the molecule is FC1(F)CCNc2c(Cl)cccc21. The van der Waals surface area contributed by atoms with Crippen LogP contribution in [0, 0.1) is 0 Å². The van der Waals surface area contributed by atoms with Crippen LogP contribution in [0.25, 0.3) is 0 Å². The van der Waals surface area contributed by atoms with Gasteiger partial charge >= 0.3 is 0 Å². The van der Waals surface area contributed by atoms with E-state index in [1.165, 1.54) is 6.07 Å². The molecule has 0 aromatic heterocycles. The van der Waals surface area contributed by atoms with Gasteiger partial charge in [0.1, 0.15) is 0 Å². The van der Waals surface area contributed by atoms with Crippen molar-refractivity contribution >= 4 is 17.3 Å². The molecule has 0 unspecified atom stereocenters. The minimum absolute atomic E-state index is 0.00579. The number of rotatable bonds is 0. The van der Waals surface area contributed by atoms with E-state index >= 15 is 0 Å². The Morgan fingerprint density at radius 2 is 2.15 bits per heavy atom. The molecule has 0 aliphatic carbocycles. The van der Waals surface area contributed by atoms with E-state index in [1.54, 1.807) is 12.1 Å². The number of benzene rings is 1. The third kappa shape index (κ3) is 1.37. The lowest BCUT2D eigenvalue weighted by Gasteiger charge is -2.26. The second kappa shape index (κ2) is 2.84. The summed E-state index contributed by atoms with van der Waals surface area (Å²) in [4.78, 5) is 0. The molecule has 1 aliphatic rings. The highest BCUT2D eigenvalue weighted by atomic mass is 35.5. The van der Waals surface area contributed by atoms with E-state index in [-0.39, 0.29) is 18.5 Å². The van der Waals surface area contributed by atoms with Crippen molar-refractivity contribution in [3.05, 3.63) is 28.8 Å². The average molecular weight is 204 g/mol. The lowest BCUT2D eigenvalue weighted by atomic mass is 10.00. The maximum absolute atomic E-state index is 13.3. The monoisotopic (exact) mass is 203 g/mol. The number of hydrogen-bond acceptors (Lipinski definition) is 1. The van der Waals surface area contributed by atoms with Crippen LogP contribution in [0.5, 0.6) is 0 Å². The Bertz CT molecular complexity index is 338. The van der Waals surface area contributed by atoms with Crippen LogP contribution in [0.2, 0.25) is 5.02 Å². The van der Waals surface area contributed by atoms with E-state index in [4.69, 9.17) is 11.6 Å². The Kier molecular flexibility index (Phi) is 1.91. The van der Waals surface area contributed by atoms with Crippen molar-refractivity contribution in [3.63, 3.8) is 0 Å². The molecular formula is C9H8ClF2N. The van der Waals surface area contributed by atoms with E-state index < -0.39 is 5.92 Å². The molecule has 1 nitrogen and oxygen atoms in total. The highest BCUT2D eigenvalue weighted by Crippen LogP contribution is 2.42. The minimum Gasteiger partial charge on any atom is -0.383 e. The molecular weight excluding hydrogens is 196 g/mol. The molecule has 0 amide bonds. The van der Waals surface area contributed by atoms with Crippen LogP contribution < -0.4 is 5.32 Å². The van der Waals surface area contributed by atoms with Gasteiger partial charge in [0, 0.05) is 18.5 Å². The number of fused-ring (bicyclic) bond motifs is 1. The number of nitrogens with one attached hydrogen (secondary N) is 1. The molecule has 0 saturated heterocycles. The Hall–Kier alpha value is -0.830. The zero-order chi connectivity index (χ0) is 9.47. The smallest absolute Gasteiger partial charge is 0.276 e. The van der Waals surface area contributed by atoms with Crippen LogP contribution in [0.15, 0.2) is 18.2 Å². The Labute approximate surface area is 79.7 Å². The van der Waals surface area contributed by atoms with Gasteiger partial charge in [0.25, 0.3) is 5.92 Å². The number of hydrogen-bond donors (Lipinski definition) is 1. The second-order valence-electron chi connectivity index (χ2n) is 3.04. The first-order chi connectivity index (χ1) is 6.11. The standard InChI is InChI=1S/C9H8ClF2N/c10-7-3-1-2-6-8(7)13-5-4-9(6,11)12/h1-3,13H,4-5H2. The molecule has 4 heteroatoms.